The number of aromatic hydroxyl groups is 1. The summed E-state index contributed by atoms with van der Waals surface area (Å²) >= 11 is 0. The summed E-state index contributed by atoms with van der Waals surface area (Å²) in [5, 5.41) is 16.8. The average Bonchev–Trinajstić information content (AvgIpc) is 3.33. The number of aryl methyl sites for hydroxylation is 1. The molecule has 2 aromatic heterocycles. The Kier molecular flexibility index (Phi) is 4.61. The number of phenolic OH excluding ortho intramolecular Hbond substituents is 1. The van der Waals surface area contributed by atoms with Crippen LogP contribution in [0, 0.1) is 11.3 Å². The number of rotatable bonds is 6. The first-order valence-corrected chi connectivity index (χ1v) is 11.0. The van der Waals surface area contributed by atoms with Gasteiger partial charge in [0.25, 0.3) is 0 Å². The summed E-state index contributed by atoms with van der Waals surface area (Å²) in [5.74, 6) is 1.26. The van der Waals surface area contributed by atoms with Crippen molar-refractivity contribution in [3.63, 3.8) is 0 Å². The second-order valence-corrected chi connectivity index (χ2v) is 9.75. The van der Waals surface area contributed by atoms with Gasteiger partial charge >= 0.3 is 0 Å². The van der Waals surface area contributed by atoms with Crippen LogP contribution in [0.1, 0.15) is 33.6 Å². The number of anilines is 1. The summed E-state index contributed by atoms with van der Waals surface area (Å²) in [6.45, 7) is 9.05. The first-order chi connectivity index (χ1) is 14.8. The van der Waals surface area contributed by atoms with E-state index in [1.807, 2.05) is 25.5 Å². The predicted molar refractivity (Wildman–Crippen MR) is 125 cm³/mol. The molecule has 0 atom stereocenters. The highest BCUT2D eigenvalue weighted by Gasteiger charge is 2.39. The molecule has 1 aliphatic rings. The second-order valence-electron chi connectivity index (χ2n) is 9.75. The largest absolute Gasteiger partial charge is 0.507 e. The van der Waals surface area contributed by atoms with Gasteiger partial charge in [0.15, 0.2) is 5.82 Å². The Morgan fingerprint density at radius 3 is 2.68 bits per heavy atom. The van der Waals surface area contributed by atoms with Crippen LogP contribution in [0.4, 0.5) is 5.69 Å². The van der Waals surface area contributed by atoms with Gasteiger partial charge in [0.1, 0.15) is 5.75 Å². The number of fused-ring (bicyclic) bond motifs is 2. The quantitative estimate of drug-likeness (QED) is 0.472. The van der Waals surface area contributed by atoms with Gasteiger partial charge in [-0.1, -0.05) is 20.8 Å². The zero-order valence-electron chi connectivity index (χ0n) is 18.6. The molecule has 1 aliphatic carbocycles. The minimum absolute atomic E-state index is 0.142. The van der Waals surface area contributed by atoms with Gasteiger partial charge in [-0.2, -0.15) is 5.10 Å². The van der Waals surface area contributed by atoms with Gasteiger partial charge in [0.05, 0.1) is 16.6 Å². The van der Waals surface area contributed by atoms with E-state index in [2.05, 4.69) is 54.0 Å². The minimum atomic E-state index is 0.142. The molecule has 4 aromatic rings. The van der Waals surface area contributed by atoms with Crippen molar-refractivity contribution in [1.29, 1.82) is 0 Å². The van der Waals surface area contributed by atoms with E-state index in [0.717, 1.165) is 34.9 Å². The van der Waals surface area contributed by atoms with Gasteiger partial charge in [-0.05, 0) is 48.4 Å². The standard InChI is InChI=1S/C25H29N5O/c1-16(2)13-30(15-25(3)7-8-25)19-5-6-21-17(9-19)12-26-24(27-21)20-10-18-14-29(4)28-22(18)11-23(20)31/h5-6,9-12,14,16,31H,7-8,13,15H2,1-4H3. The molecule has 0 saturated heterocycles. The third-order valence-corrected chi connectivity index (χ3v) is 6.17. The Morgan fingerprint density at radius 1 is 1.13 bits per heavy atom. The van der Waals surface area contributed by atoms with Gasteiger partial charge in [0, 0.05) is 55.1 Å². The Balaban J connectivity index is 1.50. The summed E-state index contributed by atoms with van der Waals surface area (Å²) in [5.41, 5.74) is 3.93. The molecule has 6 nitrogen and oxygen atoms in total. The van der Waals surface area contributed by atoms with Crippen molar-refractivity contribution in [1.82, 2.24) is 19.7 Å². The fraction of sp³-hybridized carbons (Fsp3) is 0.400. The normalized spacial score (nSPS) is 15.1. The van der Waals surface area contributed by atoms with E-state index < -0.39 is 0 Å². The number of benzene rings is 2. The van der Waals surface area contributed by atoms with Crippen LogP contribution in [0.2, 0.25) is 0 Å². The van der Waals surface area contributed by atoms with Crippen LogP contribution in [0.3, 0.4) is 0 Å². The van der Waals surface area contributed by atoms with Gasteiger partial charge in [0.2, 0.25) is 0 Å². The van der Waals surface area contributed by atoms with Crippen molar-refractivity contribution in [3.05, 3.63) is 42.7 Å². The third kappa shape index (κ3) is 3.94. The van der Waals surface area contributed by atoms with Crippen LogP contribution in [-0.4, -0.2) is 37.9 Å². The fourth-order valence-electron chi connectivity index (χ4n) is 4.24. The van der Waals surface area contributed by atoms with Gasteiger partial charge in [-0.15, -0.1) is 0 Å². The van der Waals surface area contributed by atoms with Crippen molar-refractivity contribution < 1.29 is 5.11 Å². The second kappa shape index (κ2) is 7.22. The highest BCUT2D eigenvalue weighted by molar-refractivity contribution is 5.88. The van der Waals surface area contributed by atoms with Crippen LogP contribution in [0.15, 0.2) is 42.7 Å². The number of phenols is 1. The van der Waals surface area contributed by atoms with E-state index in [4.69, 9.17) is 4.98 Å². The van der Waals surface area contributed by atoms with E-state index in [1.54, 1.807) is 10.7 Å². The van der Waals surface area contributed by atoms with Gasteiger partial charge < -0.3 is 10.0 Å². The topological polar surface area (TPSA) is 67.1 Å². The van der Waals surface area contributed by atoms with Crippen molar-refractivity contribution >= 4 is 27.5 Å². The smallest absolute Gasteiger partial charge is 0.163 e. The van der Waals surface area contributed by atoms with E-state index in [9.17, 15) is 5.11 Å². The lowest BCUT2D eigenvalue weighted by atomic mass is 10.1. The zero-order chi connectivity index (χ0) is 21.8. The zero-order valence-corrected chi connectivity index (χ0v) is 18.6. The molecule has 0 radical (unpaired) electrons. The number of nitrogens with zero attached hydrogens (tertiary/aromatic N) is 5. The van der Waals surface area contributed by atoms with Crippen LogP contribution in [0.5, 0.6) is 5.75 Å². The van der Waals surface area contributed by atoms with Crippen LogP contribution < -0.4 is 4.90 Å². The maximum atomic E-state index is 10.5. The predicted octanol–water partition coefficient (Wildman–Crippen LogP) is 5.15. The van der Waals surface area contributed by atoms with Gasteiger partial charge in [-0.25, -0.2) is 9.97 Å². The monoisotopic (exact) mass is 415 g/mol. The van der Waals surface area contributed by atoms with Crippen molar-refractivity contribution in [2.24, 2.45) is 18.4 Å². The van der Waals surface area contributed by atoms with E-state index >= 15 is 0 Å². The lowest BCUT2D eigenvalue weighted by Gasteiger charge is -2.30. The van der Waals surface area contributed by atoms with E-state index in [1.165, 1.54) is 18.5 Å². The van der Waals surface area contributed by atoms with Crippen molar-refractivity contribution in [2.75, 3.05) is 18.0 Å². The molecular weight excluding hydrogens is 386 g/mol. The molecule has 1 fully saturated rings. The first-order valence-electron chi connectivity index (χ1n) is 11.0. The Hall–Kier alpha value is -3.15. The van der Waals surface area contributed by atoms with E-state index in [-0.39, 0.29) is 5.75 Å². The van der Waals surface area contributed by atoms with Crippen molar-refractivity contribution in [2.45, 2.75) is 33.6 Å². The summed E-state index contributed by atoms with van der Waals surface area (Å²) in [7, 11) is 1.87. The van der Waals surface area contributed by atoms with E-state index in [0.29, 0.717) is 22.7 Å². The number of aromatic nitrogens is 4. The highest BCUT2D eigenvalue weighted by Crippen LogP contribution is 2.46. The third-order valence-electron chi connectivity index (χ3n) is 6.17. The Bertz CT molecular complexity index is 1270. The Morgan fingerprint density at radius 2 is 1.94 bits per heavy atom. The number of hydrogen-bond acceptors (Lipinski definition) is 5. The molecule has 2 heterocycles. The molecule has 0 spiro atoms. The Labute approximate surface area is 182 Å². The molecule has 160 valence electrons. The molecule has 0 unspecified atom stereocenters. The van der Waals surface area contributed by atoms with Gasteiger partial charge in [-0.3, -0.25) is 4.68 Å². The molecule has 0 bridgehead atoms. The molecule has 1 saturated carbocycles. The summed E-state index contributed by atoms with van der Waals surface area (Å²) < 4.78 is 1.74. The lowest BCUT2D eigenvalue weighted by molar-refractivity contribution is 0.477. The summed E-state index contributed by atoms with van der Waals surface area (Å²) in [4.78, 5) is 11.8. The molecule has 0 amide bonds. The summed E-state index contributed by atoms with van der Waals surface area (Å²) in [6, 6.07) is 9.99. The first kappa shape index (κ1) is 19.8. The SMILES string of the molecule is CC(C)CN(CC1(C)CC1)c1ccc2nc(-c3cc4cn(C)nc4cc3O)ncc2c1. The van der Waals surface area contributed by atoms with Crippen LogP contribution in [0.25, 0.3) is 33.2 Å². The molecule has 31 heavy (non-hydrogen) atoms. The fourth-order valence-corrected chi connectivity index (χ4v) is 4.24. The molecule has 2 aromatic carbocycles. The molecular formula is C25H29N5O. The molecule has 6 heteroatoms. The maximum Gasteiger partial charge on any atom is 0.163 e. The minimum Gasteiger partial charge on any atom is -0.507 e. The maximum absolute atomic E-state index is 10.5. The summed E-state index contributed by atoms with van der Waals surface area (Å²) in [6.07, 6.45) is 6.41. The molecule has 1 N–H and O–H groups in total. The van der Waals surface area contributed by atoms with Crippen molar-refractivity contribution in [3.8, 4) is 17.1 Å². The molecule has 0 aliphatic heterocycles. The molecule has 5 rings (SSSR count). The average molecular weight is 416 g/mol. The highest BCUT2D eigenvalue weighted by atomic mass is 16.3. The number of hydrogen-bond donors (Lipinski definition) is 1. The van der Waals surface area contributed by atoms with Crippen LogP contribution in [-0.2, 0) is 7.05 Å². The van der Waals surface area contributed by atoms with Crippen LogP contribution >= 0.6 is 0 Å². The lowest BCUT2D eigenvalue weighted by Crippen LogP contribution is -2.32.